The predicted octanol–water partition coefficient (Wildman–Crippen LogP) is 6.14. The molecular formula is C32H34ClN3O6S. The molecule has 0 spiro atoms. The topological polar surface area (TPSA) is 116 Å². The van der Waals surface area contributed by atoms with E-state index in [9.17, 15) is 18.0 Å². The van der Waals surface area contributed by atoms with Gasteiger partial charge in [0.1, 0.15) is 11.5 Å². The molecule has 2 heterocycles. The Morgan fingerprint density at radius 1 is 1.07 bits per heavy atom. The van der Waals surface area contributed by atoms with Crippen LogP contribution in [0.1, 0.15) is 51.7 Å². The zero-order chi connectivity index (χ0) is 31.2. The number of nitrogens with zero attached hydrogens (tertiary/aromatic N) is 1. The van der Waals surface area contributed by atoms with Crippen molar-refractivity contribution in [2.75, 3.05) is 11.9 Å². The van der Waals surface area contributed by atoms with Gasteiger partial charge in [-0.05, 0) is 101 Å². The first-order valence-electron chi connectivity index (χ1n) is 14.0. The van der Waals surface area contributed by atoms with E-state index in [4.69, 9.17) is 21.1 Å². The number of anilines is 1. The van der Waals surface area contributed by atoms with Gasteiger partial charge < -0.3 is 19.4 Å². The van der Waals surface area contributed by atoms with Gasteiger partial charge >= 0.3 is 0 Å². The molecule has 1 atom stereocenters. The van der Waals surface area contributed by atoms with Gasteiger partial charge in [0, 0.05) is 34.2 Å². The summed E-state index contributed by atoms with van der Waals surface area (Å²) in [6, 6.07) is 12.0. The second-order valence-corrected chi connectivity index (χ2v) is 13.0. The summed E-state index contributed by atoms with van der Waals surface area (Å²) in [7, 11) is -4.26. The van der Waals surface area contributed by atoms with Crippen molar-refractivity contribution in [3.8, 4) is 11.5 Å². The van der Waals surface area contributed by atoms with E-state index in [-0.39, 0.29) is 22.1 Å². The van der Waals surface area contributed by atoms with Crippen molar-refractivity contribution >= 4 is 50.0 Å². The van der Waals surface area contributed by atoms with Gasteiger partial charge in [-0.15, -0.1) is 0 Å². The number of sulfonamides is 1. The second kappa shape index (κ2) is 11.6. The highest BCUT2D eigenvalue weighted by Crippen LogP contribution is 2.35. The number of carbonyl (C=O) groups excluding carboxylic acids is 2. The van der Waals surface area contributed by atoms with E-state index in [1.807, 2.05) is 45.9 Å². The SMILES string of the molecule is Cc1cc2c(cc1S(=O)(=O)NC(=O)c1cccc3c1c(C)c(C)n3CCCOc1cc(C)c(Cl)c(C)c1)O[C@@H](C)C(=O)N2. The smallest absolute Gasteiger partial charge is 0.265 e. The van der Waals surface area contributed by atoms with Gasteiger partial charge in [0.2, 0.25) is 0 Å². The summed E-state index contributed by atoms with van der Waals surface area (Å²) in [5.74, 6) is -0.0607. The quantitative estimate of drug-likeness (QED) is 0.228. The van der Waals surface area contributed by atoms with E-state index in [0.29, 0.717) is 36.2 Å². The molecule has 4 aromatic rings. The molecular weight excluding hydrogens is 590 g/mol. The second-order valence-electron chi connectivity index (χ2n) is 10.9. The first kappa shape index (κ1) is 30.4. The minimum Gasteiger partial charge on any atom is -0.494 e. The monoisotopic (exact) mass is 623 g/mol. The lowest BCUT2D eigenvalue weighted by Gasteiger charge is -2.24. The highest BCUT2D eigenvalue weighted by Gasteiger charge is 2.29. The third kappa shape index (κ3) is 5.81. The van der Waals surface area contributed by atoms with Crippen LogP contribution < -0.4 is 19.5 Å². The molecule has 2 N–H and O–H groups in total. The van der Waals surface area contributed by atoms with Crippen LogP contribution in [0.2, 0.25) is 5.02 Å². The molecule has 0 radical (unpaired) electrons. The molecule has 11 heteroatoms. The number of benzene rings is 3. The fourth-order valence-corrected chi connectivity index (χ4v) is 6.79. The van der Waals surface area contributed by atoms with Gasteiger partial charge in [0.05, 0.1) is 22.8 Å². The van der Waals surface area contributed by atoms with Crippen LogP contribution in [-0.2, 0) is 21.4 Å². The molecule has 0 bridgehead atoms. The van der Waals surface area contributed by atoms with Crippen molar-refractivity contribution in [3.05, 3.63) is 81.0 Å². The molecule has 1 aliphatic rings. The summed E-state index contributed by atoms with van der Waals surface area (Å²) < 4.78 is 42.8. The van der Waals surface area contributed by atoms with Crippen LogP contribution in [-0.4, -0.2) is 37.5 Å². The Balaban J connectivity index is 1.36. The van der Waals surface area contributed by atoms with Gasteiger partial charge in [-0.1, -0.05) is 17.7 Å². The number of amides is 2. The first-order chi connectivity index (χ1) is 20.3. The Bertz CT molecular complexity index is 1870. The number of carbonyl (C=O) groups is 2. The average molecular weight is 624 g/mol. The summed E-state index contributed by atoms with van der Waals surface area (Å²) in [6.07, 6.45) is -0.0560. The van der Waals surface area contributed by atoms with Crippen LogP contribution in [0.15, 0.2) is 47.4 Å². The molecule has 43 heavy (non-hydrogen) atoms. The molecule has 2 amide bonds. The molecule has 1 aliphatic heterocycles. The van der Waals surface area contributed by atoms with Crippen molar-refractivity contribution in [1.29, 1.82) is 0 Å². The number of halogens is 1. The van der Waals surface area contributed by atoms with Gasteiger partial charge in [-0.25, -0.2) is 13.1 Å². The predicted molar refractivity (Wildman–Crippen MR) is 167 cm³/mol. The molecule has 0 unspecified atom stereocenters. The maximum absolute atomic E-state index is 13.5. The fourth-order valence-electron chi connectivity index (χ4n) is 5.47. The summed E-state index contributed by atoms with van der Waals surface area (Å²) in [5, 5.41) is 4.13. The lowest BCUT2D eigenvalue weighted by molar-refractivity contribution is -0.122. The van der Waals surface area contributed by atoms with E-state index in [1.165, 1.54) is 12.1 Å². The number of hydrogen-bond donors (Lipinski definition) is 2. The number of aryl methyl sites for hydroxylation is 5. The molecule has 0 saturated carbocycles. The molecule has 0 aliphatic carbocycles. The number of hydrogen-bond acceptors (Lipinski definition) is 6. The van der Waals surface area contributed by atoms with Crippen molar-refractivity contribution < 1.29 is 27.5 Å². The Hall–Kier alpha value is -4.02. The summed E-state index contributed by atoms with van der Waals surface area (Å²) >= 11 is 6.27. The van der Waals surface area contributed by atoms with Crippen LogP contribution >= 0.6 is 11.6 Å². The minimum absolute atomic E-state index is 0.105. The molecule has 1 aromatic heterocycles. The van der Waals surface area contributed by atoms with Crippen molar-refractivity contribution in [2.24, 2.45) is 0 Å². The zero-order valence-corrected chi connectivity index (χ0v) is 26.5. The van der Waals surface area contributed by atoms with E-state index in [0.717, 1.165) is 38.7 Å². The Morgan fingerprint density at radius 2 is 1.77 bits per heavy atom. The average Bonchev–Trinajstić information content (AvgIpc) is 3.19. The van der Waals surface area contributed by atoms with Crippen molar-refractivity contribution in [1.82, 2.24) is 9.29 Å². The van der Waals surface area contributed by atoms with Crippen LogP contribution in [0.5, 0.6) is 11.5 Å². The van der Waals surface area contributed by atoms with Gasteiger partial charge in [-0.3, -0.25) is 9.59 Å². The largest absolute Gasteiger partial charge is 0.494 e. The van der Waals surface area contributed by atoms with E-state index in [1.54, 1.807) is 26.0 Å². The molecule has 226 valence electrons. The van der Waals surface area contributed by atoms with Crippen LogP contribution in [0.4, 0.5) is 5.69 Å². The molecule has 5 rings (SSSR count). The van der Waals surface area contributed by atoms with E-state index >= 15 is 0 Å². The lowest BCUT2D eigenvalue weighted by Crippen LogP contribution is -2.35. The molecule has 0 saturated heterocycles. The molecule has 0 fully saturated rings. The lowest BCUT2D eigenvalue weighted by atomic mass is 10.1. The maximum Gasteiger partial charge on any atom is 0.265 e. The third-order valence-corrected chi connectivity index (χ3v) is 9.90. The highest BCUT2D eigenvalue weighted by atomic mass is 35.5. The number of fused-ring (bicyclic) bond motifs is 2. The molecule has 9 nitrogen and oxygen atoms in total. The Labute approximate surface area is 256 Å². The standard InChI is InChI=1S/C32H34ClN3O6S/c1-17-15-25-27(42-22(6)31(37)34-25)16-28(17)43(39,40)35-32(38)24-9-7-10-26-29(24)20(4)21(5)36(26)11-8-12-41-23-13-18(2)30(33)19(3)14-23/h7,9-10,13-16,22H,8,11-12H2,1-6H3,(H,34,37)(H,35,38)/t22-/m0/s1. The van der Waals surface area contributed by atoms with Gasteiger partial charge in [0.25, 0.3) is 21.8 Å². The Kier molecular flexibility index (Phi) is 8.20. The highest BCUT2D eigenvalue weighted by molar-refractivity contribution is 7.90. The zero-order valence-electron chi connectivity index (χ0n) is 24.9. The van der Waals surface area contributed by atoms with Crippen molar-refractivity contribution in [2.45, 2.75) is 65.5 Å². The summed E-state index contributed by atoms with van der Waals surface area (Å²) in [5.41, 5.74) is 5.64. The third-order valence-electron chi connectivity index (χ3n) is 7.83. The number of nitrogens with one attached hydrogen (secondary N) is 2. The van der Waals surface area contributed by atoms with Crippen LogP contribution in [0, 0.1) is 34.6 Å². The van der Waals surface area contributed by atoms with Gasteiger partial charge in [-0.2, -0.15) is 0 Å². The number of ether oxygens (including phenoxy) is 2. The number of aromatic nitrogens is 1. The van der Waals surface area contributed by atoms with E-state index < -0.39 is 22.0 Å². The fraction of sp³-hybridized carbons (Fsp3) is 0.312. The van der Waals surface area contributed by atoms with Gasteiger partial charge in [0.15, 0.2) is 6.10 Å². The molecule has 3 aromatic carbocycles. The summed E-state index contributed by atoms with van der Waals surface area (Å²) in [4.78, 5) is 25.3. The Morgan fingerprint density at radius 3 is 2.47 bits per heavy atom. The van der Waals surface area contributed by atoms with Crippen LogP contribution in [0.25, 0.3) is 10.9 Å². The number of rotatable bonds is 8. The minimum atomic E-state index is -4.26. The van der Waals surface area contributed by atoms with Crippen LogP contribution in [0.3, 0.4) is 0 Å². The first-order valence-corrected chi connectivity index (χ1v) is 15.8. The maximum atomic E-state index is 13.5. The van der Waals surface area contributed by atoms with Crippen molar-refractivity contribution in [3.63, 3.8) is 0 Å². The summed E-state index contributed by atoms with van der Waals surface area (Å²) in [6.45, 7) is 12.1. The van der Waals surface area contributed by atoms with E-state index in [2.05, 4.69) is 14.6 Å². The normalized spacial score (nSPS) is 14.7.